The second-order valence-electron chi connectivity index (χ2n) is 6.37. The van der Waals surface area contributed by atoms with Gasteiger partial charge < -0.3 is 9.88 Å². The van der Waals surface area contributed by atoms with Crippen LogP contribution in [0, 0.1) is 0 Å². The lowest BCUT2D eigenvalue weighted by Crippen LogP contribution is -2.46. The molecule has 1 N–H and O–H groups in total. The van der Waals surface area contributed by atoms with E-state index in [9.17, 15) is 0 Å². The molecule has 0 radical (unpaired) electrons. The molecule has 0 spiro atoms. The number of benzene rings is 2. The van der Waals surface area contributed by atoms with Crippen LogP contribution in [0.4, 0.5) is 5.82 Å². The molecule has 1 aliphatic heterocycles. The van der Waals surface area contributed by atoms with Crippen LogP contribution in [0.1, 0.15) is 5.56 Å². The minimum absolute atomic E-state index is 1.05. The Morgan fingerprint density at radius 1 is 0.708 bits per heavy atom. The largest absolute Gasteiger partial charge is 0.356 e. The van der Waals surface area contributed by atoms with Crippen LogP contribution in [0.5, 0.6) is 0 Å². The highest BCUT2D eigenvalue weighted by Gasteiger charge is 2.18. The number of H-pyrrole nitrogens is 1. The number of hydrogen-bond acceptors (Lipinski definition) is 2. The van der Waals surface area contributed by atoms with Gasteiger partial charge in [0.2, 0.25) is 0 Å². The first kappa shape index (κ1) is 15.0. The summed E-state index contributed by atoms with van der Waals surface area (Å²) in [5.74, 6) is 1.23. The summed E-state index contributed by atoms with van der Waals surface area (Å²) in [4.78, 5) is 8.56. The third kappa shape index (κ3) is 3.36. The van der Waals surface area contributed by atoms with Gasteiger partial charge in [0.1, 0.15) is 5.82 Å². The van der Waals surface area contributed by atoms with E-state index in [1.807, 2.05) is 0 Å². The molecule has 3 aromatic rings. The van der Waals surface area contributed by atoms with Crippen LogP contribution in [0.25, 0.3) is 11.3 Å². The predicted octanol–water partition coefficient (Wildman–Crippen LogP) is 4.00. The van der Waals surface area contributed by atoms with Gasteiger partial charge in [-0.25, -0.2) is 0 Å². The first-order chi connectivity index (χ1) is 11.9. The highest BCUT2D eigenvalue weighted by atomic mass is 15.3. The van der Waals surface area contributed by atoms with Crippen molar-refractivity contribution in [2.24, 2.45) is 0 Å². The molecule has 24 heavy (non-hydrogen) atoms. The van der Waals surface area contributed by atoms with Gasteiger partial charge in [-0.3, -0.25) is 4.90 Å². The van der Waals surface area contributed by atoms with E-state index in [0.29, 0.717) is 0 Å². The topological polar surface area (TPSA) is 22.3 Å². The summed E-state index contributed by atoms with van der Waals surface area (Å²) >= 11 is 0. The SMILES string of the molecule is c1ccc(CN2CCN(c3ccc(-c4ccccc4)[nH]3)CC2)cc1. The molecule has 3 nitrogen and oxygen atoms in total. The van der Waals surface area contributed by atoms with E-state index in [1.165, 1.54) is 22.6 Å². The van der Waals surface area contributed by atoms with Crippen molar-refractivity contribution in [3.8, 4) is 11.3 Å². The molecule has 1 aromatic heterocycles. The van der Waals surface area contributed by atoms with E-state index in [-0.39, 0.29) is 0 Å². The summed E-state index contributed by atoms with van der Waals surface area (Å²) in [5, 5.41) is 0. The maximum Gasteiger partial charge on any atom is 0.106 e. The van der Waals surface area contributed by atoms with E-state index in [4.69, 9.17) is 0 Å². The van der Waals surface area contributed by atoms with Gasteiger partial charge in [0.15, 0.2) is 0 Å². The Bertz CT molecular complexity index is 756. The smallest absolute Gasteiger partial charge is 0.106 e. The van der Waals surface area contributed by atoms with E-state index in [1.54, 1.807) is 0 Å². The third-order valence-corrected chi connectivity index (χ3v) is 4.72. The van der Waals surface area contributed by atoms with Crippen molar-refractivity contribution >= 4 is 5.82 Å². The maximum absolute atomic E-state index is 3.57. The van der Waals surface area contributed by atoms with Crippen molar-refractivity contribution in [2.75, 3.05) is 31.1 Å². The molecule has 2 aromatic carbocycles. The number of rotatable bonds is 4. The highest BCUT2D eigenvalue weighted by Crippen LogP contribution is 2.23. The lowest BCUT2D eigenvalue weighted by atomic mass is 10.2. The molecule has 0 atom stereocenters. The van der Waals surface area contributed by atoms with Crippen molar-refractivity contribution in [3.05, 3.63) is 78.4 Å². The molecule has 1 fully saturated rings. The Morgan fingerprint density at radius 3 is 2.08 bits per heavy atom. The molecule has 1 saturated heterocycles. The number of nitrogens with one attached hydrogen (secondary N) is 1. The highest BCUT2D eigenvalue weighted by molar-refractivity contribution is 5.63. The van der Waals surface area contributed by atoms with Crippen LogP contribution < -0.4 is 4.90 Å². The summed E-state index contributed by atoms with van der Waals surface area (Å²) < 4.78 is 0. The summed E-state index contributed by atoms with van der Waals surface area (Å²) in [6.07, 6.45) is 0. The predicted molar refractivity (Wildman–Crippen MR) is 100 cm³/mol. The Morgan fingerprint density at radius 2 is 1.38 bits per heavy atom. The van der Waals surface area contributed by atoms with Crippen molar-refractivity contribution in [3.63, 3.8) is 0 Å². The summed E-state index contributed by atoms with van der Waals surface area (Å²) in [6, 6.07) is 25.6. The average molecular weight is 317 g/mol. The van der Waals surface area contributed by atoms with Crippen molar-refractivity contribution in [1.82, 2.24) is 9.88 Å². The number of anilines is 1. The standard InChI is InChI=1S/C21H23N3/c1-3-7-18(8-4-1)17-23-13-15-24(16-14-23)21-12-11-20(22-21)19-9-5-2-6-10-19/h1-12,22H,13-17H2. The monoisotopic (exact) mass is 317 g/mol. The molecule has 3 heteroatoms. The molecule has 0 amide bonds. The fourth-order valence-corrected chi connectivity index (χ4v) is 3.34. The first-order valence-corrected chi connectivity index (χ1v) is 8.64. The maximum atomic E-state index is 3.57. The minimum atomic E-state index is 1.05. The van der Waals surface area contributed by atoms with E-state index in [0.717, 1.165) is 32.7 Å². The molecule has 122 valence electrons. The summed E-state index contributed by atoms with van der Waals surface area (Å²) in [5.41, 5.74) is 3.83. The Hall–Kier alpha value is -2.52. The minimum Gasteiger partial charge on any atom is -0.356 e. The molecule has 0 bridgehead atoms. The third-order valence-electron chi connectivity index (χ3n) is 4.72. The fraction of sp³-hybridized carbons (Fsp3) is 0.238. The van der Waals surface area contributed by atoms with Crippen LogP contribution in [-0.2, 0) is 6.54 Å². The van der Waals surface area contributed by atoms with Gasteiger partial charge in [-0.15, -0.1) is 0 Å². The Kier molecular flexibility index (Phi) is 4.34. The van der Waals surface area contributed by atoms with Gasteiger partial charge in [-0.05, 0) is 23.3 Å². The quantitative estimate of drug-likeness (QED) is 0.785. The van der Waals surface area contributed by atoms with Gasteiger partial charge in [0.05, 0.1) is 0 Å². The lowest BCUT2D eigenvalue weighted by molar-refractivity contribution is 0.249. The van der Waals surface area contributed by atoms with E-state index < -0.39 is 0 Å². The second kappa shape index (κ2) is 6.93. The molecule has 1 aliphatic rings. The number of nitrogens with zero attached hydrogens (tertiary/aromatic N) is 2. The van der Waals surface area contributed by atoms with Crippen molar-refractivity contribution < 1.29 is 0 Å². The number of aromatic amines is 1. The van der Waals surface area contributed by atoms with Crippen LogP contribution >= 0.6 is 0 Å². The molecule has 2 heterocycles. The van der Waals surface area contributed by atoms with E-state index in [2.05, 4.69) is 87.6 Å². The fourth-order valence-electron chi connectivity index (χ4n) is 3.34. The lowest BCUT2D eigenvalue weighted by Gasteiger charge is -2.35. The van der Waals surface area contributed by atoms with Gasteiger partial charge in [0.25, 0.3) is 0 Å². The molecular formula is C21H23N3. The van der Waals surface area contributed by atoms with Crippen LogP contribution in [-0.4, -0.2) is 36.1 Å². The van der Waals surface area contributed by atoms with Crippen LogP contribution in [0.2, 0.25) is 0 Å². The van der Waals surface area contributed by atoms with Crippen molar-refractivity contribution in [2.45, 2.75) is 6.54 Å². The van der Waals surface area contributed by atoms with Crippen LogP contribution in [0.3, 0.4) is 0 Å². The molecular weight excluding hydrogens is 294 g/mol. The zero-order valence-corrected chi connectivity index (χ0v) is 13.9. The van der Waals surface area contributed by atoms with Crippen molar-refractivity contribution in [1.29, 1.82) is 0 Å². The van der Waals surface area contributed by atoms with Gasteiger partial charge >= 0.3 is 0 Å². The van der Waals surface area contributed by atoms with Gasteiger partial charge in [0, 0.05) is 38.4 Å². The summed E-state index contributed by atoms with van der Waals surface area (Å²) in [6.45, 7) is 5.40. The number of piperazine rings is 1. The zero-order valence-electron chi connectivity index (χ0n) is 13.9. The molecule has 0 saturated carbocycles. The number of hydrogen-bond donors (Lipinski definition) is 1. The molecule has 0 aliphatic carbocycles. The average Bonchev–Trinajstić information content (AvgIpc) is 3.14. The second-order valence-corrected chi connectivity index (χ2v) is 6.37. The molecule has 4 rings (SSSR count). The normalized spacial score (nSPS) is 15.6. The zero-order chi connectivity index (χ0) is 16.2. The number of aromatic nitrogens is 1. The molecule has 0 unspecified atom stereocenters. The Labute approximate surface area is 143 Å². The Balaban J connectivity index is 1.37. The van der Waals surface area contributed by atoms with Gasteiger partial charge in [-0.2, -0.15) is 0 Å². The van der Waals surface area contributed by atoms with Gasteiger partial charge in [-0.1, -0.05) is 60.7 Å². The van der Waals surface area contributed by atoms with E-state index >= 15 is 0 Å². The first-order valence-electron chi connectivity index (χ1n) is 8.64. The summed E-state index contributed by atoms with van der Waals surface area (Å²) in [7, 11) is 0. The van der Waals surface area contributed by atoms with Crippen LogP contribution in [0.15, 0.2) is 72.8 Å².